The number of hydrogen-bond acceptors (Lipinski definition) is 2. The van der Waals surface area contributed by atoms with Crippen LogP contribution in [0.2, 0.25) is 0 Å². The van der Waals surface area contributed by atoms with Crippen molar-refractivity contribution in [1.82, 2.24) is 5.32 Å². The highest BCUT2D eigenvalue weighted by Gasteiger charge is 2.25. The fourth-order valence-electron chi connectivity index (χ4n) is 2.70. The van der Waals surface area contributed by atoms with Gasteiger partial charge < -0.3 is 10.4 Å². The van der Waals surface area contributed by atoms with Crippen molar-refractivity contribution in [3.05, 3.63) is 59.2 Å². The van der Waals surface area contributed by atoms with E-state index >= 15 is 0 Å². The van der Waals surface area contributed by atoms with Crippen LogP contribution in [0.25, 0.3) is 11.1 Å². The molecule has 0 saturated heterocycles. The number of aliphatic carboxylic acids is 1. The Labute approximate surface area is 144 Å². The average molecular weight is 325 g/mol. The van der Waals surface area contributed by atoms with Gasteiger partial charge in [0, 0.05) is 6.54 Å². The first-order valence-corrected chi connectivity index (χ1v) is 8.40. The third kappa shape index (κ3) is 4.93. The molecule has 0 fully saturated rings. The summed E-state index contributed by atoms with van der Waals surface area (Å²) in [5.41, 5.74) is 5.54. The quantitative estimate of drug-likeness (QED) is 0.734. The van der Waals surface area contributed by atoms with E-state index in [1.54, 1.807) is 13.8 Å². The highest BCUT2D eigenvalue weighted by molar-refractivity contribution is 5.73. The molecule has 2 aromatic carbocycles. The summed E-state index contributed by atoms with van der Waals surface area (Å²) in [6.07, 6.45) is 0.614. The molecule has 3 heteroatoms. The zero-order chi connectivity index (χ0) is 17.7. The van der Waals surface area contributed by atoms with Crippen molar-refractivity contribution in [1.29, 1.82) is 0 Å². The van der Waals surface area contributed by atoms with Crippen LogP contribution < -0.4 is 5.32 Å². The molecule has 0 aromatic heterocycles. The summed E-state index contributed by atoms with van der Waals surface area (Å²) in [4.78, 5) is 11.1. The molecule has 0 bridgehead atoms. The van der Waals surface area contributed by atoms with Crippen molar-refractivity contribution in [3.63, 3.8) is 0 Å². The van der Waals surface area contributed by atoms with Crippen molar-refractivity contribution in [2.75, 3.05) is 6.54 Å². The third-order valence-corrected chi connectivity index (χ3v) is 4.34. The molecular weight excluding hydrogens is 298 g/mol. The lowest BCUT2D eigenvalue weighted by molar-refractivity contribution is -0.147. The van der Waals surface area contributed by atoms with E-state index in [2.05, 4.69) is 61.6 Å². The molecule has 0 spiro atoms. The van der Waals surface area contributed by atoms with Gasteiger partial charge in [0.15, 0.2) is 0 Å². The minimum absolute atomic E-state index is 0.614. The summed E-state index contributed by atoms with van der Waals surface area (Å²) in [6, 6.07) is 15.1. The molecule has 0 saturated carbocycles. The van der Waals surface area contributed by atoms with E-state index in [-0.39, 0.29) is 0 Å². The van der Waals surface area contributed by atoms with Crippen LogP contribution in [0.3, 0.4) is 0 Å². The monoisotopic (exact) mass is 325 g/mol. The van der Waals surface area contributed by atoms with Crippen LogP contribution >= 0.6 is 0 Å². The lowest BCUT2D eigenvalue weighted by atomic mass is 9.90. The number of carboxylic acid groups (broad SMARTS) is 1. The number of hydrogen-bond donors (Lipinski definition) is 2. The van der Waals surface area contributed by atoms with E-state index in [4.69, 9.17) is 5.11 Å². The van der Waals surface area contributed by atoms with Gasteiger partial charge in [0.2, 0.25) is 0 Å². The molecule has 0 unspecified atom stereocenters. The molecule has 0 aliphatic heterocycles. The molecule has 0 atom stereocenters. The molecule has 128 valence electrons. The fourth-order valence-corrected chi connectivity index (χ4v) is 2.70. The lowest BCUT2D eigenvalue weighted by Gasteiger charge is -2.19. The zero-order valence-electron chi connectivity index (χ0n) is 15.0. The number of benzene rings is 2. The van der Waals surface area contributed by atoms with Crippen LogP contribution in [-0.4, -0.2) is 17.6 Å². The predicted octanol–water partition coefficient (Wildman–Crippen LogP) is 4.56. The molecule has 0 heterocycles. The normalized spacial score (nSPS) is 11.5. The summed E-state index contributed by atoms with van der Waals surface area (Å²) >= 11 is 0. The second-order valence-electron chi connectivity index (χ2n) is 7.19. The molecule has 0 radical (unpaired) electrons. The molecule has 0 amide bonds. The standard InChI is InChI=1S/C21H27NO2/c1-15-11-16(2)13-19(12-15)18-7-5-17(6-8-18)14-22-10-9-21(3,4)20(23)24/h5-8,11-13,22H,9-10,14H2,1-4H3,(H,23,24). The maximum Gasteiger partial charge on any atom is 0.309 e. The summed E-state index contributed by atoms with van der Waals surface area (Å²) < 4.78 is 0. The Hall–Kier alpha value is -2.13. The number of carboxylic acids is 1. The molecular formula is C21H27NO2. The Bertz CT molecular complexity index is 682. The fraction of sp³-hybridized carbons (Fsp3) is 0.381. The largest absolute Gasteiger partial charge is 0.481 e. The van der Waals surface area contributed by atoms with E-state index in [1.165, 1.54) is 27.8 Å². The number of rotatable bonds is 7. The predicted molar refractivity (Wildman–Crippen MR) is 99.1 cm³/mol. The van der Waals surface area contributed by atoms with E-state index < -0.39 is 11.4 Å². The highest BCUT2D eigenvalue weighted by Crippen LogP contribution is 2.23. The maximum atomic E-state index is 11.1. The first-order chi connectivity index (χ1) is 11.3. The van der Waals surface area contributed by atoms with Crippen molar-refractivity contribution in [3.8, 4) is 11.1 Å². The molecule has 0 aliphatic carbocycles. The van der Waals surface area contributed by atoms with Gasteiger partial charge in [-0.3, -0.25) is 4.79 Å². The molecule has 3 nitrogen and oxygen atoms in total. The van der Waals surface area contributed by atoms with Gasteiger partial charge in [0.25, 0.3) is 0 Å². The zero-order valence-corrected chi connectivity index (χ0v) is 15.0. The number of carbonyl (C=O) groups is 1. The van der Waals surface area contributed by atoms with Gasteiger partial charge in [-0.05, 0) is 57.4 Å². The summed E-state index contributed by atoms with van der Waals surface area (Å²) in [6.45, 7) is 9.20. The molecule has 2 rings (SSSR count). The Balaban J connectivity index is 1.92. The minimum Gasteiger partial charge on any atom is -0.481 e. The van der Waals surface area contributed by atoms with Crippen molar-refractivity contribution >= 4 is 5.97 Å². The topological polar surface area (TPSA) is 49.3 Å². The van der Waals surface area contributed by atoms with E-state index in [0.29, 0.717) is 13.0 Å². The van der Waals surface area contributed by atoms with Crippen LogP contribution in [0, 0.1) is 19.3 Å². The highest BCUT2D eigenvalue weighted by atomic mass is 16.4. The Morgan fingerprint density at radius 2 is 1.58 bits per heavy atom. The molecule has 2 aromatic rings. The van der Waals surface area contributed by atoms with Gasteiger partial charge in [0.1, 0.15) is 0 Å². The second kappa shape index (κ2) is 7.63. The Kier molecular flexibility index (Phi) is 5.79. The summed E-state index contributed by atoms with van der Waals surface area (Å²) in [5.74, 6) is -0.748. The van der Waals surface area contributed by atoms with Gasteiger partial charge in [-0.2, -0.15) is 0 Å². The van der Waals surface area contributed by atoms with E-state index in [1.807, 2.05) is 0 Å². The average Bonchev–Trinajstić information content (AvgIpc) is 2.51. The van der Waals surface area contributed by atoms with Crippen molar-refractivity contribution < 1.29 is 9.90 Å². The Morgan fingerprint density at radius 3 is 2.12 bits per heavy atom. The van der Waals surface area contributed by atoms with E-state index in [0.717, 1.165) is 6.54 Å². The molecule has 2 N–H and O–H groups in total. The first kappa shape index (κ1) is 18.2. The SMILES string of the molecule is Cc1cc(C)cc(-c2ccc(CNCCC(C)(C)C(=O)O)cc2)c1. The minimum atomic E-state index is -0.748. The summed E-state index contributed by atoms with van der Waals surface area (Å²) in [7, 11) is 0. The van der Waals surface area contributed by atoms with Gasteiger partial charge in [-0.15, -0.1) is 0 Å². The Morgan fingerprint density at radius 1 is 1.00 bits per heavy atom. The maximum absolute atomic E-state index is 11.1. The molecule has 0 aliphatic rings. The first-order valence-electron chi connectivity index (χ1n) is 8.40. The second-order valence-corrected chi connectivity index (χ2v) is 7.19. The van der Waals surface area contributed by atoms with Crippen molar-refractivity contribution in [2.45, 2.75) is 40.7 Å². The van der Waals surface area contributed by atoms with Gasteiger partial charge in [0.05, 0.1) is 5.41 Å². The third-order valence-electron chi connectivity index (χ3n) is 4.34. The van der Waals surface area contributed by atoms with Crippen LogP contribution in [-0.2, 0) is 11.3 Å². The van der Waals surface area contributed by atoms with Crippen molar-refractivity contribution in [2.24, 2.45) is 5.41 Å². The van der Waals surface area contributed by atoms with Crippen LogP contribution in [0.1, 0.15) is 37.0 Å². The van der Waals surface area contributed by atoms with Gasteiger partial charge in [-0.1, -0.05) is 53.6 Å². The number of nitrogens with one attached hydrogen (secondary N) is 1. The van der Waals surface area contributed by atoms with Crippen LogP contribution in [0.15, 0.2) is 42.5 Å². The smallest absolute Gasteiger partial charge is 0.309 e. The van der Waals surface area contributed by atoms with Gasteiger partial charge >= 0.3 is 5.97 Å². The lowest BCUT2D eigenvalue weighted by Crippen LogP contribution is -2.28. The van der Waals surface area contributed by atoms with E-state index in [9.17, 15) is 4.79 Å². The number of aryl methyl sites for hydroxylation is 2. The summed E-state index contributed by atoms with van der Waals surface area (Å²) in [5, 5.41) is 12.4. The van der Waals surface area contributed by atoms with Gasteiger partial charge in [-0.25, -0.2) is 0 Å². The van der Waals surface area contributed by atoms with Crippen LogP contribution in [0.5, 0.6) is 0 Å². The van der Waals surface area contributed by atoms with Crippen LogP contribution in [0.4, 0.5) is 0 Å². The molecule has 24 heavy (non-hydrogen) atoms.